The van der Waals surface area contributed by atoms with Gasteiger partial charge in [-0.3, -0.25) is 0 Å². The molecule has 1 heterocycles. The lowest BCUT2D eigenvalue weighted by atomic mass is 10.2. The number of ether oxygens (including phenoxy) is 2. The molecular formula is C13H16BrClO2. The van der Waals surface area contributed by atoms with E-state index < -0.39 is 0 Å². The largest absolute Gasteiger partial charge is 0.492 e. The molecule has 1 fully saturated rings. The first-order valence-corrected chi connectivity index (χ1v) is 7.38. The molecule has 1 unspecified atom stereocenters. The van der Waals surface area contributed by atoms with Crippen LogP contribution < -0.4 is 4.74 Å². The second-order valence-electron chi connectivity index (χ2n) is 4.17. The van der Waals surface area contributed by atoms with Gasteiger partial charge in [-0.1, -0.05) is 33.6 Å². The molecule has 4 heteroatoms. The van der Waals surface area contributed by atoms with Crippen molar-refractivity contribution < 1.29 is 9.47 Å². The number of alkyl halides is 1. The summed E-state index contributed by atoms with van der Waals surface area (Å²) in [7, 11) is 0. The summed E-state index contributed by atoms with van der Waals surface area (Å²) < 4.78 is 11.2. The maximum Gasteiger partial charge on any atom is 0.137 e. The third kappa shape index (κ3) is 3.87. The molecule has 0 amide bonds. The number of hydrogen-bond acceptors (Lipinski definition) is 2. The van der Waals surface area contributed by atoms with Crippen LogP contribution in [-0.2, 0) is 10.1 Å². The molecule has 1 aliphatic rings. The van der Waals surface area contributed by atoms with Crippen LogP contribution in [0.1, 0.15) is 24.8 Å². The fourth-order valence-corrected chi connectivity index (χ4v) is 2.52. The van der Waals surface area contributed by atoms with Crippen molar-refractivity contribution in [3.05, 3.63) is 28.8 Å². The Morgan fingerprint density at radius 3 is 3.00 bits per heavy atom. The molecule has 1 aromatic rings. The molecule has 2 rings (SSSR count). The van der Waals surface area contributed by atoms with Gasteiger partial charge in [-0.05, 0) is 30.5 Å². The molecule has 0 spiro atoms. The summed E-state index contributed by atoms with van der Waals surface area (Å²) in [5, 5.41) is 1.48. The lowest BCUT2D eigenvalue weighted by Crippen LogP contribution is -2.10. The first-order valence-electron chi connectivity index (χ1n) is 5.88. The molecule has 0 radical (unpaired) electrons. The molecule has 0 N–H and O–H groups in total. The number of rotatable bonds is 5. The summed E-state index contributed by atoms with van der Waals surface area (Å²) in [4.78, 5) is 0. The summed E-state index contributed by atoms with van der Waals surface area (Å²) in [6.07, 6.45) is 3.64. The predicted molar refractivity (Wildman–Crippen MR) is 73.2 cm³/mol. The monoisotopic (exact) mass is 318 g/mol. The molecule has 0 aliphatic carbocycles. The minimum atomic E-state index is 0.371. The normalized spacial score (nSPS) is 19.5. The molecule has 17 heavy (non-hydrogen) atoms. The van der Waals surface area contributed by atoms with E-state index in [1.54, 1.807) is 0 Å². The van der Waals surface area contributed by atoms with Gasteiger partial charge in [0.25, 0.3) is 0 Å². The predicted octanol–water partition coefficient (Wildman–Crippen LogP) is 4.18. The summed E-state index contributed by atoms with van der Waals surface area (Å²) >= 11 is 9.52. The Morgan fingerprint density at radius 2 is 2.35 bits per heavy atom. The van der Waals surface area contributed by atoms with Crippen LogP contribution >= 0.6 is 27.5 Å². The van der Waals surface area contributed by atoms with Crippen LogP contribution in [0.3, 0.4) is 0 Å². The van der Waals surface area contributed by atoms with Crippen LogP contribution in [-0.4, -0.2) is 19.3 Å². The second kappa shape index (κ2) is 6.62. The third-order valence-corrected chi connectivity index (χ3v) is 3.81. The van der Waals surface area contributed by atoms with Crippen LogP contribution in [0.25, 0.3) is 0 Å². The molecule has 1 atom stereocenters. The van der Waals surface area contributed by atoms with Gasteiger partial charge in [-0.25, -0.2) is 0 Å². The Morgan fingerprint density at radius 1 is 1.47 bits per heavy atom. The van der Waals surface area contributed by atoms with Crippen molar-refractivity contribution in [1.82, 2.24) is 0 Å². The molecule has 0 aromatic heterocycles. The van der Waals surface area contributed by atoms with E-state index in [4.69, 9.17) is 21.1 Å². The molecule has 2 nitrogen and oxygen atoms in total. The molecule has 94 valence electrons. The molecule has 1 aromatic carbocycles. The highest BCUT2D eigenvalue weighted by molar-refractivity contribution is 9.08. The van der Waals surface area contributed by atoms with E-state index in [0.717, 1.165) is 36.1 Å². The lowest BCUT2D eigenvalue weighted by molar-refractivity contribution is 0.0904. The third-order valence-electron chi connectivity index (χ3n) is 2.87. The zero-order valence-corrected chi connectivity index (χ0v) is 12.0. The Hall–Kier alpha value is -0.250. The molecule has 1 aliphatic heterocycles. The van der Waals surface area contributed by atoms with E-state index in [1.807, 2.05) is 18.2 Å². The van der Waals surface area contributed by atoms with Gasteiger partial charge in [0.1, 0.15) is 5.75 Å². The SMILES string of the molecule is Clc1cc(CBr)ccc1OCCC1CCCO1. The van der Waals surface area contributed by atoms with Gasteiger partial charge in [-0.15, -0.1) is 0 Å². The number of halogens is 2. The van der Waals surface area contributed by atoms with Crippen molar-refractivity contribution in [2.45, 2.75) is 30.7 Å². The van der Waals surface area contributed by atoms with Gasteiger partial charge in [0.2, 0.25) is 0 Å². The van der Waals surface area contributed by atoms with E-state index in [9.17, 15) is 0 Å². The minimum Gasteiger partial charge on any atom is -0.492 e. The van der Waals surface area contributed by atoms with Gasteiger partial charge in [-0.2, -0.15) is 0 Å². The summed E-state index contributed by atoms with van der Waals surface area (Å²) in [6, 6.07) is 5.87. The molecular weight excluding hydrogens is 303 g/mol. The maximum atomic E-state index is 6.13. The highest BCUT2D eigenvalue weighted by Crippen LogP contribution is 2.27. The fourth-order valence-electron chi connectivity index (χ4n) is 1.92. The average Bonchev–Trinajstić information content (AvgIpc) is 2.84. The van der Waals surface area contributed by atoms with Crippen LogP contribution in [0, 0.1) is 0 Å². The van der Waals surface area contributed by atoms with Crippen molar-refractivity contribution in [2.75, 3.05) is 13.2 Å². The quantitative estimate of drug-likeness (QED) is 0.758. The summed E-state index contributed by atoms with van der Waals surface area (Å²) in [6.45, 7) is 1.56. The summed E-state index contributed by atoms with van der Waals surface area (Å²) in [5.74, 6) is 0.759. The molecule has 1 saturated heterocycles. The van der Waals surface area contributed by atoms with Crippen molar-refractivity contribution in [3.8, 4) is 5.75 Å². The van der Waals surface area contributed by atoms with Crippen LogP contribution in [0.15, 0.2) is 18.2 Å². The Kier molecular flexibility index (Phi) is 5.14. The highest BCUT2D eigenvalue weighted by Gasteiger charge is 2.15. The number of benzene rings is 1. The zero-order chi connectivity index (χ0) is 12.1. The highest BCUT2D eigenvalue weighted by atomic mass is 79.9. The smallest absolute Gasteiger partial charge is 0.137 e. The van der Waals surface area contributed by atoms with Gasteiger partial charge in [0, 0.05) is 18.4 Å². The van der Waals surface area contributed by atoms with E-state index in [0.29, 0.717) is 17.7 Å². The maximum absolute atomic E-state index is 6.13. The van der Waals surface area contributed by atoms with E-state index in [1.165, 1.54) is 6.42 Å². The van der Waals surface area contributed by atoms with E-state index in [-0.39, 0.29) is 0 Å². The van der Waals surface area contributed by atoms with Crippen LogP contribution in [0.4, 0.5) is 0 Å². The minimum absolute atomic E-state index is 0.371. The Balaban J connectivity index is 1.81. The fraction of sp³-hybridized carbons (Fsp3) is 0.538. The van der Waals surface area contributed by atoms with Gasteiger partial charge < -0.3 is 9.47 Å². The topological polar surface area (TPSA) is 18.5 Å². The molecule has 0 saturated carbocycles. The first-order chi connectivity index (χ1) is 8.29. The Labute approximate surface area is 115 Å². The van der Waals surface area contributed by atoms with Crippen LogP contribution in [0.5, 0.6) is 5.75 Å². The summed E-state index contributed by atoms with van der Waals surface area (Å²) in [5.41, 5.74) is 1.15. The van der Waals surface area contributed by atoms with Crippen molar-refractivity contribution in [3.63, 3.8) is 0 Å². The lowest BCUT2D eigenvalue weighted by Gasteiger charge is -2.12. The van der Waals surface area contributed by atoms with Crippen molar-refractivity contribution >= 4 is 27.5 Å². The second-order valence-corrected chi connectivity index (χ2v) is 5.14. The Bertz CT molecular complexity index is 364. The van der Waals surface area contributed by atoms with E-state index in [2.05, 4.69) is 15.9 Å². The van der Waals surface area contributed by atoms with Crippen molar-refractivity contribution in [1.29, 1.82) is 0 Å². The zero-order valence-electron chi connectivity index (χ0n) is 9.62. The molecule has 0 bridgehead atoms. The van der Waals surface area contributed by atoms with Crippen molar-refractivity contribution in [2.24, 2.45) is 0 Å². The van der Waals surface area contributed by atoms with Gasteiger partial charge in [0.15, 0.2) is 0 Å². The average molecular weight is 320 g/mol. The van der Waals surface area contributed by atoms with E-state index >= 15 is 0 Å². The first kappa shape index (κ1) is 13.2. The standard InChI is InChI=1S/C13H16BrClO2/c14-9-10-3-4-13(12(15)8-10)17-7-5-11-2-1-6-16-11/h3-4,8,11H,1-2,5-7,9H2. The van der Waals surface area contributed by atoms with Gasteiger partial charge in [0.05, 0.1) is 17.7 Å². The van der Waals surface area contributed by atoms with Gasteiger partial charge >= 0.3 is 0 Å². The van der Waals surface area contributed by atoms with Crippen LogP contribution in [0.2, 0.25) is 5.02 Å². The number of hydrogen-bond donors (Lipinski definition) is 0.